The Labute approximate surface area is 74.1 Å². The summed E-state index contributed by atoms with van der Waals surface area (Å²) in [5.74, 6) is 0.565. The van der Waals surface area contributed by atoms with Crippen LogP contribution in [0.2, 0.25) is 0 Å². The topological polar surface area (TPSA) is 0 Å². The molecule has 0 aliphatic rings. The summed E-state index contributed by atoms with van der Waals surface area (Å²) in [6.45, 7) is 4.21. The standard InChI is InChI=1S/C5H9Cl2I/c1-3(2)4(8)5(6)7/h3-5H,1-2H3. The van der Waals surface area contributed by atoms with Gasteiger partial charge in [-0.1, -0.05) is 36.4 Å². The van der Waals surface area contributed by atoms with Gasteiger partial charge in [0.1, 0.15) is 4.84 Å². The molecule has 3 heteroatoms. The summed E-state index contributed by atoms with van der Waals surface area (Å²) in [5.41, 5.74) is 0. The lowest BCUT2D eigenvalue weighted by molar-refractivity contribution is 0.650. The second kappa shape index (κ2) is 4.18. The lowest BCUT2D eigenvalue weighted by Gasteiger charge is -2.13. The lowest BCUT2D eigenvalue weighted by atomic mass is 10.2. The number of halogens is 3. The average Bonchev–Trinajstić information content (AvgIpc) is 1.64. The highest BCUT2D eigenvalue weighted by molar-refractivity contribution is 14.1. The summed E-state index contributed by atoms with van der Waals surface area (Å²) in [6, 6.07) is 0. The molecule has 0 fully saturated rings. The van der Waals surface area contributed by atoms with Crippen molar-refractivity contribution in [2.75, 3.05) is 0 Å². The fraction of sp³-hybridized carbons (Fsp3) is 1.00. The number of hydrogen-bond acceptors (Lipinski definition) is 0. The molecule has 0 aliphatic heterocycles. The molecule has 0 aromatic rings. The Morgan fingerprint density at radius 2 is 1.62 bits per heavy atom. The van der Waals surface area contributed by atoms with Crippen molar-refractivity contribution in [1.82, 2.24) is 0 Å². The smallest absolute Gasteiger partial charge is 0.104 e. The molecule has 0 saturated heterocycles. The quantitative estimate of drug-likeness (QED) is 0.532. The molecule has 0 saturated carbocycles. The lowest BCUT2D eigenvalue weighted by Crippen LogP contribution is -2.14. The van der Waals surface area contributed by atoms with E-state index in [1.807, 2.05) is 0 Å². The van der Waals surface area contributed by atoms with E-state index in [1.54, 1.807) is 0 Å². The summed E-state index contributed by atoms with van der Waals surface area (Å²) in [7, 11) is 0. The molecule has 1 unspecified atom stereocenters. The maximum absolute atomic E-state index is 5.58. The molecule has 0 amide bonds. The number of rotatable bonds is 2. The maximum Gasteiger partial charge on any atom is 0.119 e. The minimum Gasteiger partial charge on any atom is -0.104 e. The molecule has 0 aromatic heterocycles. The largest absolute Gasteiger partial charge is 0.119 e. The zero-order chi connectivity index (χ0) is 6.73. The van der Waals surface area contributed by atoms with Crippen LogP contribution in [-0.4, -0.2) is 8.76 Å². The fourth-order valence-corrected chi connectivity index (χ4v) is 0.873. The van der Waals surface area contributed by atoms with Gasteiger partial charge in [-0.2, -0.15) is 0 Å². The summed E-state index contributed by atoms with van der Waals surface area (Å²) >= 11 is 13.4. The number of alkyl halides is 3. The second-order valence-electron chi connectivity index (χ2n) is 2.02. The summed E-state index contributed by atoms with van der Waals surface area (Å²) in [5, 5.41) is 0. The third-order valence-electron chi connectivity index (χ3n) is 0.878. The zero-order valence-corrected chi connectivity index (χ0v) is 8.54. The van der Waals surface area contributed by atoms with Crippen molar-refractivity contribution < 1.29 is 0 Å². The molecule has 0 aromatic carbocycles. The Morgan fingerprint density at radius 1 is 1.25 bits per heavy atom. The van der Waals surface area contributed by atoms with Crippen LogP contribution in [0.15, 0.2) is 0 Å². The van der Waals surface area contributed by atoms with E-state index in [0.717, 1.165) is 0 Å². The first-order valence-corrected chi connectivity index (χ1v) is 4.59. The fourth-order valence-electron chi connectivity index (χ4n) is 0.291. The third-order valence-corrected chi connectivity index (χ3v) is 4.43. The summed E-state index contributed by atoms with van der Waals surface area (Å²) < 4.78 is 0.371. The van der Waals surface area contributed by atoms with E-state index >= 15 is 0 Å². The predicted octanol–water partition coefficient (Wildman–Crippen LogP) is 3.25. The van der Waals surface area contributed by atoms with Crippen LogP contribution in [0.1, 0.15) is 13.8 Å². The van der Waals surface area contributed by atoms with E-state index < -0.39 is 0 Å². The molecule has 8 heavy (non-hydrogen) atoms. The van der Waals surface area contributed by atoms with Crippen LogP contribution in [0.5, 0.6) is 0 Å². The van der Waals surface area contributed by atoms with Crippen molar-refractivity contribution in [2.24, 2.45) is 5.92 Å². The van der Waals surface area contributed by atoms with Crippen LogP contribution < -0.4 is 0 Å². The molecular formula is C5H9Cl2I. The molecule has 1 atom stereocenters. The maximum atomic E-state index is 5.58. The first-order chi connectivity index (χ1) is 3.55. The molecular weight excluding hydrogens is 258 g/mol. The Bertz CT molecular complexity index is 55.4. The molecule has 50 valence electrons. The van der Waals surface area contributed by atoms with Gasteiger partial charge < -0.3 is 0 Å². The highest BCUT2D eigenvalue weighted by Gasteiger charge is 2.15. The van der Waals surface area contributed by atoms with Crippen LogP contribution in [-0.2, 0) is 0 Å². The Hall–Kier alpha value is 1.31. The molecule has 0 bridgehead atoms. The summed E-state index contributed by atoms with van der Waals surface area (Å²) in [6.07, 6.45) is 0. The Morgan fingerprint density at radius 3 is 1.62 bits per heavy atom. The minimum atomic E-state index is -0.226. The van der Waals surface area contributed by atoms with Gasteiger partial charge in [0.15, 0.2) is 0 Å². The van der Waals surface area contributed by atoms with E-state index in [2.05, 4.69) is 36.4 Å². The normalized spacial score (nSPS) is 15.4. The highest BCUT2D eigenvalue weighted by atomic mass is 127. The van der Waals surface area contributed by atoms with E-state index in [4.69, 9.17) is 23.2 Å². The monoisotopic (exact) mass is 266 g/mol. The molecule has 0 rings (SSSR count). The van der Waals surface area contributed by atoms with Gasteiger partial charge in [-0.3, -0.25) is 0 Å². The van der Waals surface area contributed by atoms with E-state index in [9.17, 15) is 0 Å². The highest BCUT2D eigenvalue weighted by Crippen LogP contribution is 2.23. The van der Waals surface area contributed by atoms with Crippen LogP contribution in [0.25, 0.3) is 0 Å². The van der Waals surface area contributed by atoms with Crippen LogP contribution in [0.3, 0.4) is 0 Å². The van der Waals surface area contributed by atoms with Gasteiger partial charge in [-0.25, -0.2) is 0 Å². The minimum absolute atomic E-state index is 0.226. The predicted molar refractivity (Wildman–Crippen MR) is 48.1 cm³/mol. The molecule has 0 spiro atoms. The molecule has 0 aliphatic carbocycles. The van der Waals surface area contributed by atoms with Gasteiger partial charge in [-0.05, 0) is 5.92 Å². The third kappa shape index (κ3) is 3.36. The van der Waals surface area contributed by atoms with Crippen molar-refractivity contribution >= 4 is 45.8 Å². The molecule has 0 radical (unpaired) electrons. The van der Waals surface area contributed by atoms with Crippen molar-refractivity contribution in [1.29, 1.82) is 0 Å². The molecule has 0 N–H and O–H groups in total. The number of hydrogen-bond donors (Lipinski definition) is 0. The van der Waals surface area contributed by atoms with Crippen molar-refractivity contribution in [3.63, 3.8) is 0 Å². The Kier molecular flexibility index (Phi) is 4.86. The molecule has 0 nitrogen and oxygen atoms in total. The van der Waals surface area contributed by atoms with Gasteiger partial charge in [0.2, 0.25) is 0 Å². The summed E-state index contributed by atoms with van der Waals surface area (Å²) in [4.78, 5) is -0.226. The van der Waals surface area contributed by atoms with Crippen LogP contribution in [0, 0.1) is 5.92 Å². The van der Waals surface area contributed by atoms with Gasteiger partial charge in [0, 0.05) is 3.92 Å². The first kappa shape index (κ1) is 9.31. The van der Waals surface area contributed by atoms with E-state index in [1.165, 1.54) is 0 Å². The van der Waals surface area contributed by atoms with Crippen molar-refractivity contribution in [3.8, 4) is 0 Å². The Balaban J connectivity index is 3.46. The average molecular weight is 267 g/mol. The molecule has 0 heterocycles. The van der Waals surface area contributed by atoms with Crippen LogP contribution in [0.4, 0.5) is 0 Å². The van der Waals surface area contributed by atoms with E-state index in [-0.39, 0.29) is 4.84 Å². The first-order valence-electron chi connectivity index (χ1n) is 2.48. The van der Waals surface area contributed by atoms with Gasteiger partial charge in [0.05, 0.1) is 0 Å². The van der Waals surface area contributed by atoms with Crippen molar-refractivity contribution in [2.45, 2.75) is 22.6 Å². The SMILES string of the molecule is CC(C)C(I)C(Cl)Cl. The van der Waals surface area contributed by atoms with Gasteiger partial charge in [-0.15, -0.1) is 23.2 Å². The van der Waals surface area contributed by atoms with Crippen LogP contribution >= 0.6 is 45.8 Å². The van der Waals surface area contributed by atoms with Crippen molar-refractivity contribution in [3.05, 3.63) is 0 Å². The van der Waals surface area contributed by atoms with Gasteiger partial charge in [0.25, 0.3) is 0 Å². The van der Waals surface area contributed by atoms with Gasteiger partial charge >= 0.3 is 0 Å². The zero-order valence-electron chi connectivity index (χ0n) is 4.87. The second-order valence-corrected chi connectivity index (χ2v) is 4.63. The van der Waals surface area contributed by atoms with E-state index in [0.29, 0.717) is 9.84 Å².